The van der Waals surface area contributed by atoms with Crippen LogP contribution in [0.4, 0.5) is 5.95 Å². The van der Waals surface area contributed by atoms with Gasteiger partial charge in [-0.3, -0.25) is 0 Å². The Kier molecular flexibility index (Phi) is 4.48. The molecule has 0 bridgehead atoms. The van der Waals surface area contributed by atoms with E-state index in [2.05, 4.69) is 15.3 Å². The molecule has 1 atom stereocenters. The standard InChI is InChI=1S/C12H19N3OS/c1-3-16-11-7-9(2)13-12(15-11)14-10-5-4-6-17-8-10/h7,10H,3-6,8H2,1-2H3,(H,13,14,15). The molecular formula is C12H19N3OS. The zero-order chi connectivity index (χ0) is 12.1. The van der Waals surface area contributed by atoms with Crippen molar-refractivity contribution in [2.75, 3.05) is 23.4 Å². The molecule has 1 aromatic heterocycles. The van der Waals surface area contributed by atoms with Crippen LogP contribution in [0, 0.1) is 6.92 Å². The summed E-state index contributed by atoms with van der Waals surface area (Å²) >= 11 is 1.99. The maximum atomic E-state index is 5.42. The lowest BCUT2D eigenvalue weighted by Crippen LogP contribution is -2.26. The lowest BCUT2D eigenvalue weighted by Gasteiger charge is -2.22. The number of thioether (sulfide) groups is 1. The van der Waals surface area contributed by atoms with Gasteiger partial charge < -0.3 is 10.1 Å². The first kappa shape index (κ1) is 12.5. The van der Waals surface area contributed by atoms with Crippen LogP contribution < -0.4 is 10.1 Å². The highest BCUT2D eigenvalue weighted by atomic mass is 32.2. The third kappa shape index (κ3) is 3.77. The molecule has 0 aromatic carbocycles. The van der Waals surface area contributed by atoms with Gasteiger partial charge in [0.15, 0.2) is 0 Å². The minimum Gasteiger partial charge on any atom is -0.478 e. The van der Waals surface area contributed by atoms with Crippen molar-refractivity contribution >= 4 is 17.7 Å². The van der Waals surface area contributed by atoms with Crippen LogP contribution >= 0.6 is 11.8 Å². The molecule has 1 saturated heterocycles. The number of ether oxygens (including phenoxy) is 1. The van der Waals surface area contributed by atoms with Crippen LogP contribution in [0.25, 0.3) is 0 Å². The van der Waals surface area contributed by atoms with E-state index < -0.39 is 0 Å². The van der Waals surface area contributed by atoms with Gasteiger partial charge in [-0.05, 0) is 32.4 Å². The van der Waals surface area contributed by atoms with Crippen LogP contribution in [0.1, 0.15) is 25.5 Å². The second kappa shape index (κ2) is 6.10. The molecule has 0 saturated carbocycles. The van der Waals surface area contributed by atoms with E-state index in [0.29, 0.717) is 24.5 Å². The lowest BCUT2D eigenvalue weighted by atomic mass is 10.2. The highest BCUT2D eigenvalue weighted by Crippen LogP contribution is 2.20. The van der Waals surface area contributed by atoms with Crippen LogP contribution in [-0.2, 0) is 0 Å². The number of rotatable bonds is 4. The Balaban J connectivity index is 2.03. The van der Waals surface area contributed by atoms with Crippen LogP contribution in [0.2, 0.25) is 0 Å². The van der Waals surface area contributed by atoms with Crippen molar-refractivity contribution in [1.82, 2.24) is 9.97 Å². The molecule has 1 aromatic rings. The average molecular weight is 253 g/mol. The quantitative estimate of drug-likeness (QED) is 0.893. The van der Waals surface area contributed by atoms with E-state index in [1.54, 1.807) is 0 Å². The SMILES string of the molecule is CCOc1cc(C)nc(NC2CCCSC2)n1. The Hall–Kier alpha value is -0.970. The molecule has 1 N–H and O–H groups in total. The van der Waals surface area contributed by atoms with Crippen molar-refractivity contribution in [2.24, 2.45) is 0 Å². The second-order valence-corrected chi connectivity index (χ2v) is 5.31. The number of aromatic nitrogens is 2. The fraction of sp³-hybridized carbons (Fsp3) is 0.667. The molecule has 0 radical (unpaired) electrons. The molecule has 17 heavy (non-hydrogen) atoms. The molecule has 5 heteroatoms. The first-order valence-corrected chi connectivity index (χ1v) is 7.26. The van der Waals surface area contributed by atoms with Gasteiger partial charge in [0.2, 0.25) is 11.8 Å². The van der Waals surface area contributed by atoms with Crippen LogP contribution in [0.5, 0.6) is 5.88 Å². The summed E-state index contributed by atoms with van der Waals surface area (Å²) in [4.78, 5) is 8.76. The fourth-order valence-electron chi connectivity index (χ4n) is 1.86. The van der Waals surface area contributed by atoms with Gasteiger partial charge >= 0.3 is 0 Å². The first-order chi connectivity index (χ1) is 8.28. The van der Waals surface area contributed by atoms with Gasteiger partial charge in [-0.25, -0.2) is 4.98 Å². The molecule has 1 fully saturated rings. The lowest BCUT2D eigenvalue weighted by molar-refractivity contribution is 0.326. The zero-order valence-corrected chi connectivity index (χ0v) is 11.2. The van der Waals surface area contributed by atoms with Gasteiger partial charge in [0.05, 0.1) is 6.61 Å². The second-order valence-electron chi connectivity index (χ2n) is 4.16. The summed E-state index contributed by atoms with van der Waals surface area (Å²) in [5.74, 6) is 3.77. The Bertz CT molecular complexity index is 367. The van der Waals surface area contributed by atoms with Gasteiger partial charge in [0.25, 0.3) is 0 Å². The number of aryl methyl sites for hydroxylation is 1. The first-order valence-electron chi connectivity index (χ1n) is 6.10. The van der Waals surface area contributed by atoms with Gasteiger partial charge in [-0.15, -0.1) is 0 Å². The van der Waals surface area contributed by atoms with E-state index in [-0.39, 0.29) is 0 Å². The van der Waals surface area contributed by atoms with Crippen molar-refractivity contribution in [2.45, 2.75) is 32.7 Å². The molecule has 1 aliphatic rings. The summed E-state index contributed by atoms with van der Waals surface area (Å²) in [5, 5.41) is 3.40. The molecule has 94 valence electrons. The number of nitrogens with one attached hydrogen (secondary N) is 1. The van der Waals surface area contributed by atoms with Crippen molar-refractivity contribution in [1.29, 1.82) is 0 Å². The normalized spacial score (nSPS) is 20.0. The van der Waals surface area contributed by atoms with Crippen molar-refractivity contribution in [3.8, 4) is 5.88 Å². The third-order valence-corrected chi connectivity index (χ3v) is 3.83. The van der Waals surface area contributed by atoms with E-state index in [4.69, 9.17) is 4.74 Å². The zero-order valence-electron chi connectivity index (χ0n) is 10.4. The Morgan fingerprint density at radius 1 is 1.53 bits per heavy atom. The highest BCUT2D eigenvalue weighted by Gasteiger charge is 2.15. The summed E-state index contributed by atoms with van der Waals surface area (Å²) in [6, 6.07) is 2.36. The largest absolute Gasteiger partial charge is 0.478 e. The van der Waals surface area contributed by atoms with Gasteiger partial charge in [0, 0.05) is 23.6 Å². The molecule has 4 nitrogen and oxygen atoms in total. The molecule has 0 amide bonds. The van der Waals surface area contributed by atoms with E-state index in [9.17, 15) is 0 Å². The van der Waals surface area contributed by atoms with E-state index in [0.717, 1.165) is 11.4 Å². The molecule has 2 rings (SSSR count). The maximum Gasteiger partial charge on any atom is 0.226 e. The van der Waals surface area contributed by atoms with Gasteiger partial charge in [0.1, 0.15) is 0 Å². The predicted molar refractivity (Wildman–Crippen MR) is 71.9 cm³/mol. The van der Waals surface area contributed by atoms with Crippen LogP contribution in [0.3, 0.4) is 0 Å². The summed E-state index contributed by atoms with van der Waals surface area (Å²) in [6.45, 7) is 4.56. The molecule has 2 heterocycles. The third-order valence-electron chi connectivity index (χ3n) is 2.62. The fourth-order valence-corrected chi connectivity index (χ4v) is 2.94. The smallest absolute Gasteiger partial charge is 0.226 e. The van der Waals surface area contributed by atoms with E-state index in [1.165, 1.54) is 18.6 Å². The van der Waals surface area contributed by atoms with E-state index in [1.807, 2.05) is 31.7 Å². The molecule has 1 aliphatic heterocycles. The minimum atomic E-state index is 0.491. The van der Waals surface area contributed by atoms with E-state index >= 15 is 0 Å². The summed E-state index contributed by atoms with van der Waals surface area (Å²) < 4.78 is 5.42. The van der Waals surface area contributed by atoms with Gasteiger partial charge in [-0.2, -0.15) is 16.7 Å². The Labute approximate surface area is 107 Å². The monoisotopic (exact) mass is 253 g/mol. The van der Waals surface area contributed by atoms with Crippen molar-refractivity contribution in [3.63, 3.8) is 0 Å². The number of hydrogen-bond donors (Lipinski definition) is 1. The summed E-state index contributed by atoms with van der Waals surface area (Å²) in [7, 11) is 0. The topological polar surface area (TPSA) is 47.0 Å². The molecule has 1 unspecified atom stereocenters. The van der Waals surface area contributed by atoms with Crippen molar-refractivity contribution in [3.05, 3.63) is 11.8 Å². The van der Waals surface area contributed by atoms with Crippen LogP contribution in [-0.4, -0.2) is 34.1 Å². The Morgan fingerprint density at radius 2 is 2.41 bits per heavy atom. The molecule has 0 aliphatic carbocycles. The maximum absolute atomic E-state index is 5.42. The number of nitrogens with zero attached hydrogens (tertiary/aromatic N) is 2. The number of anilines is 1. The highest BCUT2D eigenvalue weighted by molar-refractivity contribution is 7.99. The molecule has 0 spiro atoms. The number of hydrogen-bond acceptors (Lipinski definition) is 5. The summed E-state index contributed by atoms with van der Waals surface area (Å²) in [6.07, 6.45) is 2.47. The predicted octanol–water partition coefficient (Wildman–Crippen LogP) is 2.49. The van der Waals surface area contributed by atoms with Crippen molar-refractivity contribution < 1.29 is 4.74 Å². The summed E-state index contributed by atoms with van der Waals surface area (Å²) in [5.41, 5.74) is 0.939. The Morgan fingerprint density at radius 3 is 3.12 bits per heavy atom. The van der Waals surface area contributed by atoms with Gasteiger partial charge in [-0.1, -0.05) is 0 Å². The molecular weight excluding hydrogens is 234 g/mol. The van der Waals surface area contributed by atoms with Crippen LogP contribution in [0.15, 0.2) is 6.07 Å². The minimum absolute atomic E-state index is 0.491. The average Bonchev–Trinajstić information content (AvgIpc) is 2.30.